The van der Waals surface area contributed by atoms with Gasteiger partial charge in [-0.2, -0.15) is 13.5 Å². The molecule has 0 saturated carbocycles. The molecule has 1 aliphatic rings. The van der Waals surface area contributed by atoms with Crippen LogP contribution in [0.25, 0.3) is 5.69 Å². The number of ether oxygens (including phenoxy) is 1. The molecule has 11 heteroatoms. The van der Waals surface area contributed by atoms with Crippen LogP contribution in [0.4, 0.5) is 11.4 Å². The molecule has 0 amide bonds. The van der Waals surface area contributed by atoms with Gasteiger partial charge >= 0.3 is 5.69 Å². The van der Waals surface area contributed by atoms with Crippen molar-refractivity contribution in [3.8, 4) is 11.4 Å². The predicted molar refractivity (Wildman–Crippen MR) is 126 cm³/mol. The fourth-order valence-corrected chi connectivity index (χ4v) is 4.16. The summed E-state index contributed by atoms with van der Waals surface area (Å²) in [7, 11) is -1.89. The van der Waals surface area contributed by atoms with Crippen molar-refractivity contribution in [2.75, 3.05) is 56.0 Å². The smallest absolute Gasteiger partial charge is 0.350 e. The molecule has 3 aromatic rings. The van der Waals surface area contributed by atoms with E-state index in [1.807, 2.05) is 36.4 Å². The van der Waals surface area contributed by atoms with E-state index in [1.54, 1.807) is 7.11 Å². The number of nitrogens with zero attached hydrogens (tertiary/aromatic N) is 5. The number of aromatic nitrogens is 3. The third-order valence-corrected chi connectivity index (χ3v) is 6.14. The highest BCUT2D eigenvalue weighted by Crippen LogP contribution is 2.23. The highest BCUT2D eigenvalue weighted by molar-refractivity contribution is 7.85. The number of rotatable bonds is 8. The number of hydrogen-bond acceptors (Lipinski definition) is 8. The highest BCUT2D eigenvalue weighted by atomic mass is 32.2. The topological polar surface area (TPSA) is 98.9 Å². The third-order valence-electron chi connectivity index (χ3n) is 5.54. The fourth-order valence-electron chi connectivity index (χ4n) is 3.78. The van der Waals surface area contributed by atoms with Crippen molar-refractivity contribution in [2.45, 2.75) is 6.54 Å². The Morgan fingerprint density at radius 3 is 1.91 bits per heavy atom. The van der Waals surface area contributed by atoms with Crippen LogP contribution in [0, 0.1) is 0 Å². The summed E-state index contributed by atoms with van der Waals surface area (Å²) in [6.45, 7) is 3.52. The minimum absolute atomic E-state index is 0.0511. The van der Waals surface area contributed by atoms with Gasteiger partial charge in [0.2, 0.25) is 0 Å². The van der Waals surface area contributed by atoms with Crippen LogP contribution in [-0.4, -0.2) is 68.9 Å². The standard InChI is InChI=1S/C22H27N5O5S/c1-31-21-9-7-19(8-10-21)25-13-11-24(12-14-25)18-3-5-20(6-4-18)26-17-23-27(22(26)28)15-16-32-33(2,29)30/h3-10,17H,11-16H2,1-2H3. The Labute approximate surface area is 192 Å². The molecule has 0 N–H and O–H groups in total. The van der Waals surface area contributed by atoms with E-state index in [4.69, 9.17) is 4.74 Å². The van der Waals surface area contributed by atoms with Gasteiger partial charge in [0.05, 0.1) is 32.2 Å². The average molecular weight is 474 g/mol. The number of hydrogen-bond donors (Lipinski definition) is 0. The molecular formula is C22H27N5O5S. The van der Waals surface area contributed by atoms with Gasteiger partial charge in [-0.15, -0.1) is 0 Å². The maximum Gasteiger partial charge on any atom is 0.350 e. The summed E-state index contributed by atoms with van der Waals surface area (Å²) in [5, 5.41) is 4.04. The minimum atomic E-state index is -3.55. The minimum Gasteiger partial charge on any atom is -0.497 e. The normalized spacial score (nSPS) is 14.5. The average Bonchev–Trinajstić information content (AvgIpc) is 3.19. The summed E-state index contributed by atoms with van der Waals surface area (Å²) in [6.07, 6.45) is 2.39. The van der Waals surface area contributed by atoms with Crippen LogP contribution in [0.15, 0.2) is 59.7 Å². The van der Waals surface area contributed by atoms with Gasteiger partial charge in [0.15, 0.2) is 0 Å². The van der Waals surface area contributed by atoms with Gasteiger partial charge in [0.1, 0.15) is 12.1 Å². The Balaban J connectivity index is 1.36. The SMILES string of the molecule is COc1ccc(N2CCN(c3ccc(-n4cnn(CCOS(C)(=O)=O)c4=O)cc3)CC2)cc1. The van der Waals surface area contributed by atoms with Crippen LogP contribution in [-0.2, 0) is 20.8 Å². The lowest BCUT2D eigenvalue weighted by atomic mass is 10.2. The van der Waals surface area contributed by atoms with E-state index in [0.717, 1.165) is 43.9 Å². The lowest BCUT2D eigenvalue weighted by molar-refractivity contribution is 0.294. The molecule has 0 radical (unpaired) electrons. The highest BCUT2D eigenvalue weighted by Gasteiger charge is 2.18. The summed E-state index contributed by atoms with van der Waals surface area (Å²) < 4.78 is 34.6. The molecule has 1 aliphatic heterocycles. The molecule has 0 atom stereocenters. The van der Waals surface area contributed by atoms with Crippen LogP contribution >= 0.6 is 0 Å². The molecule has 10 nitrogen and oxygen atoms in total. The molecule has 2 heterocycles. The second kappa shape index (κ2) is 9.67. The van der Waals surface area contributed by atoms with E-state index in [-0.39, 0.29) is 18.8 Å². The van der Waals surface area contributed by atoms with Crippen molar-refractivity contribution in [3.05, 3.63) is 65.3 Å². The maximum absolute atomic E-state index is 12.6. The summed E-state index contributed by atoms with van der Waals surface area (Å²) >= 11 is 0. The summed E-state index contributed by atoms with van der Waals surface area (Å²) in [6, 6.07) is 15.9. The van der Waals surface area contributed by atoms with Crippen LogP contribution in [0.1, 0.15) is 0 Å². The lowest BCUT2D eigenvalue weighted by Crippen LogP contribution is -2.46. The molecule has 0 spiro atoms. The molecule has 1 fully saturated rings. The van der Waals surface area contributed by atoms with Gasteiger partial charge in [-0.1, -0.05) is 0 Å². The van der Waals surface area contributed by atoms with Gasteiger partial charge < -0.3 is 14.5 Å². The Bertz CT molecular complexity index is 1230. The number of benzene rings is 2. The first-order valence-electron chi connectivity index (χ1n) is 10.6. The molecule has 0 bridgehead atoms. The van der Waals surface area contributed by atoms with E-state index in [0.29, 0.717) is 5.69 Å². The molecule has 176 valence electrons. The summed E-state index contributed by atoms with van der Waals surface area (Å²) in [4.78, 5) is 17.2. The first-order valence-corrected chi connectivity index (χ1v) is 12.4. The van der Waals surface area contributed by atoms with Crippen molar-refractivity contribution in [3.63, 3.8) is 0 Å². The van der Waals surface area contributed by atoms with Gasteiger partial charge in [-0.3, -0.25) is 4.18 Å². The van der Waals surface area contributed by atoms with Crippen molar-refractivity contribution in [1.29, 1.82) is 0 Å². The molecular weight excluding hydrogens is 446 g/mol. The van der Waals surface area contributed by atoms with Gasteiger partial charge in [-0.05, 0) is 48.5 Å². The number of methoxy groups -OCH3 is 1. The zero-order valence-corrected chi connectivity index (χ0v) is 19.4. The van der Waals surface area contributed by atoms with Gasteiger partial charge in [-0.25, -0.2) is 14.0 Å². The second-order valence-electron chi connectivity index (χ2n) is 7.72. The van der Waals surface area contributed by atoms with E-state index < -0.39 is 10.1 Å². The Morgan fingerprint density at radius 2 is 1.39 bits per heavy atom. The van der Waals surface area contributed by atoms with Crippen LogP contribution in [0.5, 0.6) is 5.75 Å². The lowest BCUT2D eigenvalue weighted by Gasteiger charge is -2.37. The Morgan fingerprint density at radius 1 is 0.879 bits per heavy atom. The van der Waals surface area contributed by atoms with E-state index in [2.05, 4.69) is 31.2 Å². The Kier molecular flexibility index (Phi) is 6.70. The van der Waals surface area contributed by atoms with Crippen molar-refractivity contribution >= 4 is 21.5 Å². The summed E-state index contributed by atoms with van der Waals surface area (Å²) in [5.74, 6) is 0.851. The predicted octanol–water partition coefficient (Wildman–Crippen LogP) is 1.35. The van der Waals surface area contributed by atoms with Gasteiger partial charge in [0.25, 0.3) is 10.1 Å². The van der Waals surface area contributed by atoms with Gasteiger partial charge in [0, 0.05) is 37.6 Å². The maximum atomic E-state index is 12.6. The summed E-state index contributed by atoms with van der Waals surface area (Å²) in [5.41, 5.74) is 2.61. The first-order chi connectivity index (χ1) is 15.8. The monoisotopic (exact) mass is 473 g/mol. The van der Waals surface area contributed by atoms with Crippen molar-refractivity contribution in [1.82, 2.24) is 14.3 Å². The number of piperazine rings is 1. The first kappa shape index (κ1) is 22.9. The fraction of sp³-hybridized carbons (Fsp3) is 0.364. The third kappa shape index (κ3) is 5.55. The molecule has 4 rings (SSSR count). The van der Waals surface area contributed by atoms with Crippen molar-refractivity contribution < 1.29 is 17.3 Å². The quantitative estimate of drug-likeness (QED) is 0.452. The van der Waals surface area contributed by atoms with E-state index in [9.17, 15) is 13.2 Å². The second-order valence-corrected chi connectivity index (χ2v) is 9.37. The molecule has 1 aromatic heterocycles. The van der Waals surface area contributed by atoms with Crippen molar-refractivity contribution in [2.24, 2.45) is 0 Å². The Hall–Kier alpha value is -3.31. The number of anilines is 2. The zero-order valence-electron chi connectivity index (χ0n) is 18.6. The zero-order chi connectivity index (χ0) is 23.4. The molecule has 1 saturated heterocycles. The van der Waals surface area contributed by atoms with Crippen LogP contribution < -0.4 is 20.2 Å². The van der Waals surface area contributed by atoms with Crippen LogP contribution in [0.3, 0.4) is 0 Å². The largest absolute Gasteiger partial charge is 0.497 e. The molecule has 33 heavy (non-hydrogen) atoms. The van der Waals surface area contributed by atoms with E-state index in [1.165, 1.54) is 21.3 Å². The molecule has 0 aliphatic carbocycles. The van der Waals surface area contributed by atoms with Crippen LogP contribution in [0.2, 0.25) is 0 Å². The van der Waals surface area contributed by atoms with E-state index >= 15 is 0 Å². The molecule has 0 unspecified atom stereocenters. The molecule has 2 aromatic carbocycles.